The number of rotatable bonds is 3. The van der Waals surface area contributed by atoms with Crippen LogP contribution in [0.15, 0.2) is 72.8 Å². The molecular weight excluding hydrogens is 340 g/mol. The monoisotopic (exact) mass is 364 g/mol. The molecule has 0 spiro atoms. The zero-order chi connectivity index (χ0) is 19.7. The summed E-state index contributed by atoms with van der Waals surface area (Å²) in [6.07, 6.45) is 0. The fourth-order valence-corrected chi connectivity index (χ4v) is 3.86. The Bertz CT molecular complexity index is 1030. The Morgan fingerprint density at radius 2 is 0.929 bits per heavy atom. The predicted molar refractivity (Wildman–Crippen MR) is 117 cm³/mol. The summed E-state index contributed by atoms with van der Waals surface area (Å²) in [7, 11) is 0. The van der Waals surface area contributed by atoms with Gasteiger partial charge in [-0.1, -0.05) is 66.7 Å². The summed E-state index contributed by atoms with van der Waals surface area (Å²) in [5, 5.41) is 0. The van der Waals surface area contributed by atoms with E-state index in [1.165, 1.54) is 33.4 Å². The van der Waals surface area contributed by atoms with Crippen molar-refractivity contribution in [1.29, 1.82) is 0 Å². The summed E-state index contributed by atoms with van der Waals surface area (Å²) in [5.74, 6) is 0.762. The minimum absolute atomic E-state index is 0.762. The van der Waals surface area contributed by atoms with Crippen LogP contribution in [0, 0.1) is 27.7 Å². The van der Waals surface area contributed by atoms with Gasteiger partial charge in [0.05, 0.1) is 11.4 Å². The van der Waals surface area contributed by atoms with Gasteiger partial charge in [-0.3, -0.25) is 0 Å². The molecule has 0 fully saturated rings. The molecule has 0 amide bonds. The van der Waals surface area contributed by atoms with Gasteiger partial charge in [-0.05, 0) is 56.0 Å². The lowest BCUT2D eigenvalue weighted by Crippen LogP contribution is -1.99. The summed E-state index contributed by atoms with van der Waals surface area (Å²) in [6.45, 7) is 8.58. The second kappa shape index (κ2) is 7.40. The molecule has 0 saturated heterocycles. The first-order valence-corrected chi connectivity index (χ1v) is 9.62. The standard InChI is InChI=1S/C26H24N2/c1-17-10-8-11-18(2)24(17)22-16-23(25-19(3)12-9-13-20(25)4)28-26(27-22)21-14-6-5-7-15-21/h5-16H,1-4H3. The normalized spacial score (nSPS) is 10.9. The van der Waals surface area contributed by atoms with Crippen LogP contribution in [0.3, 0.4) is 0 Å². The summed E-state index contributed by atoms with van der Waals surface area (Å²) in [6, 6.07) is 25.1. The highest BCUT2D eigenvalue weighted by molar-refractivity contribution is 5.77. The van der Waals surface area contributed by atoms with Gasteiger partial charge >= 0.3 is 0 Å². The molecule has 0 bridgehead atoms. The molecule has 0 unspecified atom stereocenters. The van der Waals surface area contributed by atoms with E-state index in [0.717, 1.165) is 22.8 Å². The summed E-state index contributed by atoms with van der Waals surface area (Å²) in [5.41, 5.74) is 10.3. The van der Waals surface area contributed by atoms with Crippen LogP contribution in [0.1, 0.15) is 22.3 Å². The number of hydrogen-bond acceptors (Lipinski definition) is 2. The highest BCUT2D eigenvalue weighted by Gasteiger charge is 2.15. The molecule has 2 heteroatoms. The molecule has 2 nitrogen and oxygen atoms in total. The van der Waals surface area contributed by atoms with Crippen LogP contribution in [-0.2, 0) is 0 Å². The van der Waals surface area contributed by atoms with E-state index in [0.29, 0.717) is 0 Å². The van der Waals surface area contributed by atoms with E-state index in [1.807, 2.05) is 18.2 Å². The molecule has 4 aromatic rings. The van der Waals surface area contributed by atoms with Crippen LogP contribution in [-0.4, -0.2) is 9.97 Å². The molecule has 0 aliphatic heterocycles. The molecular formula is C26H24N2. The lowest BCUT2D eigenvalue weighted by atomic mass is 9.95. The number of nitrogens with zero attached hydrogens (tertiary/aromatic N) is 2. The molecule has 0 aliphatic rings. The molecule has 0 atom stereocenters. The second-order valence-corrected chi connectivity index (χ2v) is 7.36. The van der Waals surface area contributed by atoms with E-state index in [-0.39, 0.29) is 0 Å². The van der Waals surface area contributed by atoms with Crippen molar-refractivity contribution in [2.45, 2.75) is 27.7 Å². The molecule has 28 heavy (non-hydrogen) atoms. The average Bonchev–Trinajstić information content (AvgIpc) is 2.68. The zero-order valence-corrected chi connectivity index (χ0v) is 16.8. The SMILES string of the molecule is Cc1cccc(C)c1-c1cc(-c2c(C)cccc2C)nc(-c2ccccc2)n1. The van der Waals surface area contributed by atoms with Gasteiger partial charge in [-0.15, -0.1) is 0 Å². The summed E-state index contributed by atoms with van der Waals surface area (Å²) in [4.78, 5) is 9.94. The molecule has 0 saturated carbocycles. The van der Waals surface area contributed by atoms with Crippen LogP contribution >= 0.6 is 0 Å². The van der Waals surface area contributed by atoms with Gasteiger partial charge in [0.1, 0.15) is 0 Å². The molecule has 0 N–H and O–H groups in total. The average molecular weight is 364 g/mol. The molecule has 0 radical (unpaired) electrons. The Kier molecular flexibility index (Phi) is 4.79. The Morgan fingerprint density at radius 3 is 1.36 bits per heavy atom. The van der Waals surface area contributed by atoms with E-state index in [4.69, 9.17) is 9.97 Å². The van der Waals surface area contributed by atoms with Crippen molar-refractivity contribution in [1.82, 2.24) is 9.97 Å². The Hall–Kier alpha value is -3.26. The number of aryl methyl sites for hydroxylation is 4. The lowest BCUT2D eigenvalue weighted by Gasteiger charge is -2.15. The van der Waals surface area contributed by atoms with Crippen molar-refractivity contribution in [2.75, 3.05) is 0 Å². The van der Waals surface area contributed by atoms with Crippen molar-refractivity contribution in [3.63, 3.8) is 0 Å². The smallest absolute Gasteiger partial charge is 0.160 e. The minimum Gasteiger partial charge on any atom is -0.228 e. The highest BCUT2D eigenvalue weighted by Crippen LogP contribution is 2.33. The number of hydrogen-bond donors (Lipinski definition) is 0. The van der Waals surface area contributed by atoms with Gasteiger partial charge in [-0.2, -0.15) is 0 Å². The van der Waals surface area contributed by atoms with Crippen molar-refractivity contribution in [3.05, 3.63) is 95.1 Å². The highest BCUT2D eigenvalue weighted by atomic mass is 14.9. The van der Waals surface area contributed by atoms with Crippen molar-refractivity contribution < 1.29 is 0 Å². The Labute approximate surface area is 167 Å². The minimum atomic E-state index is 0.762. The van der Waals surface area contributed by atoms with Gasteiger partial charge in [-0.25, -0.2) is 9.97 Å². The molecule has 4 rings (SSSR count). The second-order valence-electron chi connectivity index (χ2n) is 7.36. The number of aromatic nitrogens is 2. The first-order valence-electron chi connectivity index (χ1n) is 9.62. The van der Waals surface area contributed by atoms with E-state index in [9.17, 15) is 0 Å². The third kappa shape index (κ3) is 3.34. The quantitative estimate of drug-likeness (QED) is 0.404. The van der Waals surface area contributed by atoms with Crippen molar-refractivity contribution >= 4 is 0 Å². The van der Waals surface area contributed by atoms with Gasteiger partial charge in [0, 0.05) is 16.7 Å². The van der Waals surface area contributed by atoms with E-state index < -0.39 is 0 Å². The fraction of sp³-hybridized carbons (Fsp3) is 0.154. The van der Waals surface area contributed by atoms with Gasteiger partial charge in [0.25, 0.3) is 0 Å². The largest absolute Gasteiger partial charge is 0.228 e. The van der Waals surface area contributed by atoms with Crippen LogP contribution < -0.4 is 0 Å². The molecule has 1 aromatic heterocycles. The molecule has 3 aromatic carbocycles. The fourth-order valence-electron chi connectivity index (χ4n) is 3.86. The van der Waals surface area contributed by atoms with Crippen molar-refractivity contribution in [3.8, 4) is 33.9 Å². The Morgan fingerprint density at radius 1 is 0.500 bits per heavy atom. The maximum Gasteiger partial charge on any atom is 0.160 e. The van der Waals surface area contributed by atoms with Gasteiger partial charge < -0.3 is 0 Å². The zero-order valence-electron chi connectivity index (χ0n) is 16.8. The number of benzene rings is 3. The first kappa shape index (κ1) is 18.1. The maximum absolute atomic E-state index is 4.97. The first-order chi connectivity index (χ1) is 13.5. The van der Waals surface area contributed by atoms with Crippen LogP contribution in [0.5, 0.6) is 0 Å². The van der Waals surface area contributed by atoms with E-state index in [1.54, 1.807) is 0 Å². The van der Waals surface area contributed by atoms with Gasteiger partial charge in [0.2, 0.25) is 0 Å². The van der Waals surface area contributed by atoms with Gasteiger partial charge in [0.15, 0.2) is 5.82 Å². The van der Waals surface area contributed by atoms with Crippen molar-refractivity contribution in [2.24, 2.45) is 0 Å². The molecule has 1 heterocycles. The third-order valence-corrected chi connectivity index (χ3v) is 5.23. The molecule has 0 aliphatic carbocycles. The molecule has 138 valence electrons. The van der Waals surface area contributed by atoms with Crippen LogP contribution in [0.2, 0.25) is 0 Å². The summed E-state index contributed by atoms with van der Waals surface area (Å²) < 4.78 is 0. The van der Waals surface area contributed by atoms with E-state index >= 15 is 0 Å². The van der Waals surface area contributed by atoms with E-state index in [2.05, 4.69) is 82.3 Å². The third-order valence-electron chi connectivity index (χ3n) is 5.23. The topological polar surface area (TPSA) is 25.8 Å². The lowest BCUT2D eigenvalue weighted by molar-refractivity contribution is 1.16. The van der Waals surface area contributed by atoms with Crippen LogP contribution in [0.25, 0.3) is 33.9 Å². The van der Waals surface area contributed by atoms with Crippen LogP contribution in [0.4, 0.5) is 0 Å². The summed E-state index contributed by atoms with van der Waals surface area (Å²) >= 11 is 0. The Balaban J connectivity index is 2.03. The maximum atomic E-state index is 4.97. The predicted octanol–water partition coefficient (Wildman–Crippen LogP) is 6.71.